The molecule has 1 aromatic rings. The second-order valence-electron chi connectivity index (χ2n) is 6.67. The summed E-state index contributed by atoms with van der Waals surface area (Å²) in [5.41, 5.74) is 2.87. The van der Waals surface area contributed by atoms with Gasteiger partial charge in [-0.1, -0.05) is 36.8 Å². The molecule has 0 spiro atoms. The highest BCUT2D eigenvalue weighted by molar-refractivity contribution is 5.22. The Morgan fingerprint density at radius 1 is 1.20 bits per heavy atom. The monoisotopic (exact) mass is 272 g/mol. The van der Waals surface area contributed by atoms with E-state index < -0.39 is 0 Å². The van der Waals surface area contributed by atoms with E-state index in [1.165, 1.54) is 49.8 Å². The number of nitrogens with zero attached hydrogens (tertiary/aromatic N) is 1. The van der Waals surface area contributed by atoms with Gasteiger partial charge in [-0.3, -0.25) is 4.90 Å². The van der Waals surface area contributed by atoms with Crippen LogP contribution in [0.15, 0.2) is 24.3 Å². The van der Waals surface area contributed by atoms with Gasteiger partial charge in [-0.25, -0.2) is 0 Å². The van der Waals surface area contributed by atoms with Gasteiger partial charge in [0, 0.05) is 24.7 Å². The molecule has 1 N–H and O–H groups in total. The van der Waals surface area contributed by atoms with E-state index in [2.05, 4.69) is 48.3 Å². The first-order chi connectivity index (χ1) is 9.76. The van der Waals surface area contributed by atoms with E-state index in [4.69, 9.17) is 0 Å². The van der Waals surface area contributed by atoms with E-state index in [-0.39, 0.29) is 0 Å². The average Bonchev–Trinajstić information content (AvgIpc) is 2.68. The van der Waals surface area contributed by atoms with E-state index >= 15 is 0 Å². The molecule has 2 heterocycles. The van der Waals surface area contributed by atoms with Crippen molar-refractivity contribution in [1.82, 2.24) is 10.2 Å². The van der Waals surface area contributed by atoms with Crippen molar-refractivity contribution < 1.29 is 0 Å². The van der Waals surface area contributed by atoms with Gasteiger partial charge < -0.3 is 5.32 Å². The molecule has 0 aromatic heterocycles. The standard InChI is InChI=1S/C18H28N2/c1-3-9-19-16-11-17-7-8-18(12-16)20(17)13-15-6-4-5-14(2)10-15/h4-6,10,16-19H,3,7-9,11-13H2,1-2H3. The molecule has 3 rings (SSSR count). The van der Waals surface area contributed by atoms with E-state index in [0.29, 0.717) is 0 Å². The molecule has 0 saturated carbocycles. The van der Waals surface area contributed by atoms with Gasteiger partial charge in [0.25, 0.3) is 0 Å². The third kappa shape index (κ3) is 3.07. The molecule has 110 valence electrons. The van der Waals surface area contributed by atoms with Crippen LogP contribution in [0.3, 0.4) is 0 Å². The predicted octanol–water partition coefficient (Wildman–Crippen LogP) is 3.49. The molecule has 2 nitrogen and oxygen atoms in total. The quantitative estimate of drug-likeness (QED) is 0.882. The molecular formula is C18H28N2. The fourth-order valence-corrected chi connectivity index (χ4v) is 4.07. The highest BCUT2D eigenvalue weighted by atomic mass is 15.2. The van der Waals surface area contributed by atoms with Crippen LogP contribution in [0.1, 0.15) is 50.2 Å². The Kier molecular flexibility index (Phi) is 4.42. The summed E-state index contributed by atoms with van der Waals surface area (Å²) in [6, 6.07) is 11.4. The fraction of sp³-hybridized carbons (Fsp3) is 0.667. The van der Waals surface area contributed by atoms with Crippen LogP contribution in [0, 0.1) is 6.92 Å². The Hall–Kier alpha value is -0.860. The molecule has 1 aromatic carbocycles. The molecule has 0 aliphatic carbocycles. The third-order valence-electron chi connectivity index (χ3n) is 5.01. The summed E-state index contributed by atoms with van der Waals surface area (Å²) in [6.07, 6.45) is 6.76. The zero-order chi connectivity index (χ0) is 13.9. The normalized spacial score (nSPS) is 29.8. The van der Waals surface area contributed by atoms with E-state index in [1.807, 2.05) is 0 Å². The summed E-state index contributed by atoms with van der Waals surface area (Å²) < 4.78 is 0. The number of aryl methyl sites for hydroxylation is 1. The van der Waals surface area contributed by atoms with Gasteiger partial charge in [0.2, 0.25) is 0 Å². The molecule has 2 heteroatoms. The Morgan fingerprint density at radius 2 is 1.95 bits per heavy atom. The molecule has 0 radical (unpaired) electrons. The van der Waals surface area contributed by atoms with E-state index in [0.717, 1.165) is 24.7 Å². The van der Waals surface area contributed by atoms with Gasteiger partial charge in [-0.2, -0.15) is 0 Å². The Bertz CT molecular complexity index is 429. The molecule has 20 heavy (non-hydrogen) atoms. The lowest BCUT2D eigenvalue weighted by molar-refractivity contribution is 0.109. The van der Waals surface area contributed by atoms with Crippen LogP contribution in [-0.4, -0.2) is 29.6 Å². The summed E-state index contributed by atoms with van der Waals surface area (Å²) in [4.78, 5) is 2.78. The van der Waals surface area contributed by atoms with E-state index in [9.17, 15) is 0 Å². The van der Waals surface area contributed by atoms with E-state index in [1.54, 1.807) is 0 Å². The Balaban J connectivity index is 1.62. The minimum atomic E-state index is 0.765. The third-order valence-corrected chi connectivity index (χ3v) is 5.01. The summed E-state index contributed by atoms with van der Waals surface area (Å²) in [5.74, 6) is 0. The SMILES string of the molecule is CCCNC1CC2CCC(C1)N2Cc1cccc(C)c1. The zero-order valence-electron chi connectivity index (χ0n) is 12.9. The number of rotatable bonds is 5. The molecule has 2 saturated heterocycles. The second kappa shape index (κ2) is 6.28. The zero-order valence-corrected chi connectivity index (χ0v) is 12.9. The summed E-state index contributed by atoms with van der Waals surface area (Å²) >= 11 is 0. The maximum Gasteiger partial charge on any atom is 0.0239 e. The van der Waals surface area contributed by atoms with Gasteiger partial charge >= 0.3 is 0 Å². The smallest absolute Gasteiger partial charge is 0.0239 e. The van der Waals surface area contributed by atoms with Crippen molar-refractivity contribution in [3.8, 4) is 0 Å². The van der Waals surface area contributed by atoms with Crippen LogP contribution in [0.4, 0.5) is 0 Å². The van der Waals surface area contributed by atoms with Crippen molar-refractivity contribution in [1.29, 1.82) is 0 Å². The van der Waals surface area contributed by atoms with Crippen molar-refractivity contribution in [2.24, 2.45) is 0 Å². The number of benzene rings is 1. The maximum atomic E-state index is 3.74. The van der Waals surface area contributed by atoms with Crippen molar-refractivity contribution in [3.05, 3.63) is 35.4 Å². The molecule has 2 atom stereocenters. The summed E-state index contributed by atoms with van der Waals surface area (Å²) in [5, 5.41) is 3.74. The highest BCUT2D eigenvalue weighted by Crippen LogP contribution is 2.36. The number of hydrogen-bond acceptors (Lipinski definition) is 2. The average molecular weight is 272 g/mol. The van der Waals surface area contributed by atoms with Gasteiger partial charge in [0.15, 0.2) is 0 Å². The van der Waals surface area contributed by atoms with Crippen LogP contribution in [0.2, 0.25) is 0 Å². The first-order valence-electron chi connectivity index (χ1n) is 8.31. The lowest BCUT2D eigenvalue weighted by Crippen LogP contribution is -2.48. The van der Waals surface area contributed by atoms with Crippen molar-refractivity contribution in [2.45, 2.75) is 70.6 Å². The van der Waals surface area contributed by atoms with Gasteiger partial charge in [-0.05, 0) is 51.1 Å². The largest absolute Gasteiger partial charge is 0.314 e. The molecule has 0 amide bonds. The fourth-order valence-electron chi connectivity index (χ4n) is 4.07. The molecule has 2 unspecified atom stereocenters. The van der Waals surface area contributed by atoms with Crippen LogP contribution in [0.25, 0.3) is 0 Å². The lowest BCUT2D eigenvalue weighted by atomic mass is 9.96. The number of piperidine rings is 1. The molecule has 2 aliphatic heterocycles. The topological polar surface area (TPSA) is 15.3 Å². The highest BCUT2D eigenvalue weighted by Gasteiger charge is 2.40. The predicted molar refractivity (Wildman–Crippen MR) is 84.8 cm³/mol. The first-order valence-corrected chi connectivity index (χ1v) is 8.31. The Labute approximate surface area is 123 Å². The minimum Gasteiger partial charge on any atom is -0.314 e. The van der Waals surface area contributed by atoms with Crippen molar-refractivity contribution in [3.63, 3.8) is 0 Å². The van der Waals surface area contributed by atoms with Crippen LogP contribution in [0.5, 0.6) is 0 Å². The molecule has 2 bridgehead atoms. The van der Waals surface area contributed by atoms with Crippen LogP contribution < -0.4 is 5.32 Å². The van der Waals surface area contributed by atoms with Gasteiger partial charge in [-0.15, -0.1) is 0 Å². The maximum absolute atomic E-state index is 3.74. The summed E-state index contributed by atoms with van der Waals surface area (Å²) in [6.45, 7) is 6.78. The van der Waals surface area contributed by atoms with Gasteiger partial charge in [0.1, 0.15) is 0 Å². The number of hydrogen-bond donors (Lipinski definition) is 1. The van der Waals surface area contributed by atoms with Crippen LogP contribution >= 0.6 is 0 Å². The first kappa shape index (κ1) is 14.1. The van der Waals surface area contributed by atoms with Gasteiger partial charge in [0.05, 0.1) is 0 Å². The molecule has 2 aliphatic rings. The number of nitrogens with one attached hydrogen (secondary N) is 1. The molecule has 2 fully saturated rings. The lowest BCUT2D eigenvalue weighted by Gasteiger charge is -2.39. The van der Waals surface area contributed by atoms with Crippen molar-refractivity contribution >= 4 is 0 Å². The summed E-state index contributed by atoms with van der Waals surface area (Å²) in [7, 11) is 0. The molecular weight excluding hydrogens is 244 g/mol. The number of fused-ring (bicyclic) bond motifs is 2. The minimum absolute atomic E-state index is 0.765. The Morgan fingerprint density at radius 3 is 2.60 bits per heavy atom. The second-order valence-corrected chi connectivity index (χ2v) is 6.67. The van der Waals surface area contributed by atoms with Crippen molar-refractivity contribution in [2.75, 3.05) is 6.54 Å². The van der Waals surface area contributed by atoms with Crippen LogP contribution in [-0.2, 0) is 6.54 Å².